The lowest BCUT2D eigenvalue weighted by molar-refractivity contribution is -0.131. The highest BCUT2D eigenvalue weighted by Crippen LogP contribution is 2.18. The van der Waals surface area contributed by atoms with Crippen molar-refractivity contribution in [2.45, 2.75) is 38.4 Å². The van der Waals surface area contributed by atoms with Crippen LogP contribution in [0.4, 0.5) is 0 Å². The van der Waals surface area contributed by atoms with E-state index in [4.69, 9.17) is 4.74 Å². The normalized spacial score (nSPS) is 17.0. The van der Waals surface area contributed by atoms with E-state index < -0.39 is 0 Å². The number of methoxy groups -OCH3 is 1. The van der Waals surface area contributed by atoms with Crippen molar-refractivity contribution in [2.75, 3.05) is 27.2 Å². The molecular formula is C23H30N4O3. The van der Waals surface area contributed by atoms with Gasteiger partial charge in [-0.2, -0.15) is 0 Å². The zero-order chi connectivity index (χ0) is 21.3. The second-order valence-electron chi connectivity index (χ2n) is 7.79. The fourth-order valence-corrected chi connectivity index (χ4v) is 3.72. The molecule has 1 aliphatic heterocycles. The Labute approximate surface area is 178 Å². The van der Waals surface area contributed by atoms with E-state index in [-0.39, 0.29) is 17.9 Å². The van der Waals surface area contributed by atoms with Gasteiger partial charge in [0.2, 0.25) is 11.8 Å². The number of likely N-dealkylation sites (N-methyl/N-ethyl adjacent to an activating group) is 1. The number of hydrogen-bond donors (Lipinski definition) is 1. The number of ether oxygens (including phenoxy) is 1. The number of nitrogens with zero attached hydrogens (tertiary/aromatic N) is 3. The maximum absolute atomic E-state index is 12.6. The Morgan fingerprint density at radius 1 is 1.27 bits per heavy atom. The zero-order valence-electron chi connectivity index (χ0n) is 17.7. The minimum absolute atomic E-state index is 0.0138. The van der Waals surface area contributed by atoms with E-state index in [1.807, 2.05) is 59.4 Å². The fourth-order valence-electron chi connectivity index (χ4n) is 3.72. The summed E-state index contributed by atoms with van der Waals surface area (Å²) >= 11 is 0. The Bertz CT molecular complexity index is 843. The molecular weight excluding hydrogens is 380 g/mol. The van der Waals surface area contributed by atoms with Crippen LogP contribution in [-0.2, 0) is 22.7 Å². The second-order valence-corrected chi connectivity index (χ2v) is 7.79. The molecule has 2 aromatic rings. The monoisotopic (exact) mass is 410 g/mol. The van der Waals surface area contributed by atoms with Crippen LogP contribution in [0.5, 0.6) is 5.75 Å². The molecule has 0 bridgehead atoms. The van der Waals surface area contributed by atoms with E-state index in [0.717, 1.165) is 23.3 Å². The number of hydrogen-bond acceptors (Lipinski definition) is 5. The molecule has 0 radical (unpaired) electrons. The molecule has 7 heteroatoms. The Balaban J connectivity index is 1.47. The van der Waals surface area contributed by atoms with E-state index in [1.54, 1.807) is 13.3 Å². The highest BCUT2D eigenvalue weighted by atomic mass is 16.5. The first-order chi connectivity index (χ1) is 14.5. The molecule has 1 N–H and O–H groups in total. The quantitative estimate of drug-likeness (QED) is 0.722. The van der Waals surface area contributed by atoms with Crippen molar-refractivity contribution in [1.29, 1.82) is 0 Å². The summed E-state index contributed by atoms with van der Waals surface area (Å²) in [5.41, 5.74) is 2.11. The van der Waals surface area contributed by atoms with Gasteiger partial charge in [-0.05, 0) is 49.2 Å². The molecule has 1 atom stereocenters. The van der Waals surface area contributed by atoms with Crippen LogP contribution in [0.2, 0.25) is 0 Å². The van der Waals surface area contributed by atoms with Gasteiger partial charge in [0.1, 0.15) is 5.75 Å². The molecule has 0 spiro atoms. The van der Waals surface area contributed by atoms with Crippen molar-refractivity contribution in [1.82, 2.24) is 20.1 Å². The van der Waals surface area contributed by atoms with Gasteiger partial charge in [-0.15, -0.1) is 0 Å². The summed E-state index contributed by atoms with van der Waals surface area (Å²) < 4.78 is 5.27. The van der Waals surface area contributed by atoms with Crippen molar-refractivity contribution in [2.24, 2.45) is 0 Å². The number of benzene rings is 1. The highest BCUT2D eigenvalue weighted by molar-refractivity contribution is 5.79. The van der Waals surface area contributed by atoms with Crippen LogP contribution in [0.1, 0.15) is 30.4 Å². The first-order valence-electron chi connectivity index (χ1n) is 10.3. The zero-order valence-corrected chi connectivity index (χ0v) is 17.7. The highest BCUT2D eigenvalue weighted by Gasteiger charge is 2.24. The Morgan fingerprint density at radius 2 is 2.10 bits per heavy atom. The van der Waals surface area contributed by atoms with E-state index in [1.165, 1.54) is 0 Å². The third-order valence-electron chi connectivity index (χ3n) is 5.27. The lowest BCUT2D eigenvalue weighted by Gasteiger charge is -2.22. The van der Waals surface area contributed by atoms with Crippen molar-refractivity contribution >= 4 is 11.8 Å². The van der Waals surface area contributed by atoms with Crippen LogP contribution in [0.15, 0.2) is 48.8 Å². The fraction of sp³-hybridized carbons (Fsp3) is 0.435. The summed E-state index contributed by atoms with van der Waals surface area (Å²) in [6.07, 6.45) is 5.42. The summed E-state index contributed by atoms with van der Waals surface area (Å²) in [7, 11) is 3.55. The van der Waals surface area contributed by atoms with Crippen LogP contribution in [0.3, 0.4) is 0 Å². The maximum Gasteiger partial charge on any atom is 0.234 e. The predicted octanol–water partition coefficient (Wildman–Crippen LogP) is 2.22. The van der Waals surface area contributed by atoms with Crippen LogP contribution in [-0.4, -0.2) is 59.9 Å². The summed E-state index contributed by atoms with van der Waals surface area (Å²) in [6.45, 7) is 2.17. The van der Waals surface area contributed by atoms with Gasteiger partial charge >= 0.3 is 0 Å². The number of pyridine rings is 1. The minimum atomic E-state index is -0.0138. The molecule has 1 saturated heterocycles. The maximum atomic E-state index is 12.6. The van der Waals surface area contributed by atoms with Crippen LogP contribution < -0.4 is 10.1 Å². The van der Waals surface area contributed by atoms with Gasteiger partial charge < -0.3 is 15.0 Å². The molecule has 3 rings (SSSR count). The summed E-state index contributed by atoms with van der Waals surface area (Å²) in [5, 5.41) is 3.10. The van der Waals surface area contributed by atoms with Crippen LogP contribution >= 0.6 is 0 Å². The van der Waals surface area contributed by atoms with E-state index in [9.17, 15) is 9.59 Å². The molecule has 160 valence electrons. The van der Waals surface area contributed by atoms with Crippen LogP contribution in [0, 0.1) is 0 Å². The lowest BCUT2D eigenvalue weighted by Crippen LogP contribution is -2.41. The van der Waals surface area contributed by atoms with E-state index >= 15 is 0 Å². The number of amides is 2. The molecule has 1 aromatic heterocycles. The first kappa shape index (κ1) is 21.8. The molecule has 1 unspecified atom stereocenters. The topological polar surface area (TPSA) is 74.8 Å². The van der Waals surface area contributed by atoms with Crippen molar-refractivity contribution in [3.05, 3.63) is 59.9 Å². The van der Waals surface area contributed by atoms with Gasteiger partial charge in [-0.25, -0.2) is 0 Å². The average Bonchev–Trinajstić information content (AvgIpc) is 2.90. The number of carbonyl (C=O) groups is 2. The van der Waals surface area contributed by atoms with E-state index in [0.29, 0.717) is 39.0 Å². The molecule has 30 heavy (non-hydrogen) atoms. The number of rotatable bonds is 8. The molecule has 2 amide bonds. The lowest BCUT2D eigenvalue weighted by atomic mass is 10.1. The minimum Gasteiger partial charge on any atom is -0.497 e. The van der Waals surface area contributed by atoms with Gasteiger partial charge in [0.15, 0.2) is 0 Å². The Hall–Kier alpha value is -2.93. The average molecular weight is 411 g/mol. The molecule has 1 aliphatic rings. The molecule has 2 heterocycles. The molecule has 0 saturated carbocycles. The Kier molecular flexibility index (Phi) is 7.79. The third-order valence-corrected chi connectivity index (χ3v) is 5.27. The standard InChI is InChI=1S/C23H30N4O3/c1-26(15-19-6-4-11-24-14-19)17-22(28)25-20-8-9-23(29)27(12-10-20)16-18-5-3-7-21(13-18)30-2/h3-7,11,13-14,20H,8-10,12,15-17H2,1-2H3,(H,25,28). The second kappa shape index (κ2) is 10.7. The van der Waals surface area contributed by atoms with Crippen molar-refractivity contribution in [3.63, 3.8) is 0 Å². The number of likely N-dealkylation sites (tertiary alicyclic amines) is 1. The smallest absolute Gasteiger partial charge is 0.234 e. The van der Waals surface area contributed by atoms with Gasteiger partial charge in [-0.1, -0.05) is 18.2 Å². The SMILES string of the molecule is COc1cccc(CN2CCC(NC(=O)CN(C)Cc3cccnc3)CCC2=O)c1. The van der Waals surface area contributed by atoms with Gasteiger partial charge in [0.05, 0.1) is 13.7 Å². The number of carbonyl (C=O) groups excluding carboxylic acids is 2. The Morgan fingerprint density at radius 3 is 2.87 bits per heavy atom. The van der Waals surface area contributed by atoms with Gasteiger partial charge in [-0.3, -0.25) is 19.5 Å². The van der Waals surface area contributed by atoms with Gasteiger partial charge in [0.25, 0.3) is 0 Å². The van der Waals surface area contributed by atoms with Crippen LogP contribution in [0.25, 0.3) is 0 Å². The summed E-state index contributed by atoms with van der Waals surface area (Å²) in [6, 6.07) is 11.7. The first-order valence-corrected chi connectivity index (χ1v) is 10.3. The third kappa shape index (κ3) is 6.56. The summed E-state index contributed by atoms with van der Waals surface area (Å²) in [5.74, 6) is 0.902. The molecule has 0 aliphatic carbocycles. The largest absolute Gasteiger partial charge is 0.497 e. The van der Waals surface area contributed by atoms with Gasteiger partial charge in [0, 0.05) is 44.5 Å². The van der Waals surface area contributed by atoms with Crippen molar-refractivity contribution < 1.29 is 14.3 Å². The molecule has 7 nitrogen and oxygen atoms in total. The van der Waals surface area contributed by atoms with E-state index in [2.05, 4.69) is 10.3 Å². The molecule has 1 aromatic carbocycles. The predicted molar refractivity (Wildman–Crippen MR) is 115 cm³/mol. The molecule has 1 fully saturated rings. The number of aromatic nitrogens is 1. The summed E-state index contributed by atoms with van der Waals surface area (Å²) in [4.78, 5) is 33.0. The number of nitrogens with one attached hydrogen (secondary N) is 1. The van der Waals surface area contributed by atoms with Crippen molar-refractivity contribution in [3.8, 4) is 5.75 Å².